The molecule has 146 valence electrons. The number of benzene rings is 1. The second-order valence-electron chi connectivity index (χ2n) is 5.66. The first-order chi connectivity index (χ1) is 13.7. The Morgan fingerprint density at radius 3 is 2.75 bits per heavy atom. The second-order valence-corrected chi connectivity index (χ2v) is 9.08. The molecular formula is C19H20N4O2S3. The molecule has 0 unspecified atom stereocenters. The molecule has 0 saturated heterocycles. The van der Waals surface area contributed by atoms with Gasteiger partial charge in [0.25, 0.3) is 0 Å². The molecule has 1 N–H and O–H groups in total. The van der Waals surface area contributed by atoms with Crippen molar-refractivity contribution < 1.29 is 9.53 Å². The van der Waals surface area contributed by atoms with Crippen molar-refractivity contribution in [1.29, 1.82) is 0 Å². The summed E-state index contributed by atoms with van der Waals surface area (Å²) >= 11 is 4.52. The molecule has 0 aliphatic heterocycles. The van der Waals surface area contributed by atoms with Gasteiger partial charge in [0.15, 0.2) is 8.68 Å². The molecule has 0 bridgehead atoms. The van der Waals surface area contributed by atoms with Gasteiger partial charge in [-0.15, -0.1) is 10.2 Å². The molecule has 0 fully saturated rings. The van der Waals surface area contributed by atoms with Gasteiger partial charge in [-0.3, -0.25) is 9.78 Å². The van der Waals surface area contributed by atoms with Crippen LogP contribution in [0.25, 0.3) is 0 Å². The molecule has 0 aliphatic carbocycles. The second kappa shape index (κ2) is 11.0. The summed E-state index contributed by atoms with van der Waals surface area (Å²) in [6.45, 7) is 2.73. The number of hydrogen-bond acceptors (Lipinski definition) is 8. The Morgan fingerprint density at radius 1 is 1.14 bits per heavy atom. The first kappa shape index (κ1) is 20.6. The average Bonchev–Trinajstić information content (AvgIpc) is 3.19. The molecule has 0 saturated carbocycles. The van der Waals surface area contributed by atoms with Crippen LogP contribution in [0.5, 0.6) is 11.5 Å². The summed E-state index contributed by atoms with van der Waals surface area (Å²) in [6.07, 6.45) is 4.34. The van der Waals surface area contributed by atoms with E-state index >= 15 is 0 Å². The molecule has 0 aliphatic rings. The maximum absolute atomic E-state index is 11.7. The van der Waals surface area contributed by atoms with Gasteiger partial charge in [-0.2, -0.15) is 0 Å². The van der Waals surface area contributed by atoms with E-state index in [-0.39, 0.29) is 5.91 Å². The molecular weight excluding hydrogens is 412 g/mol. The topological polar surface area (TPSA) is 77.0 Å². The number of aromatic nitrogens is 3. The van der Waals surface area contributed by atoms with Crippen LogP contribution < -0.4 is 10.1 Å². The van der Waals surface area contributed by atoms with Crippen LogP contribution in [0.3, 0.4) is 0 Å². The molecule has 28 heavy (non-hydrogen) atoms. The highest BCUT2D eigenvalue weighted by Gasteiger charge is 2.10. The van der Waals surface area contributed by atoms with Crippen LogP contribution >= 0.6 is 34.9 Å². The predicted octanol–water partition coefficient (Wildman–Crippen LogP) is 4.64. The van der Waals surface area contributed by atoms with Gasteiger partial charge < -0.3 is 10.1 Å². The maximum atomic E-state index is 11.7. The number of ether oxygens (including phenoxy) is 1. The molecule has 1 amide bonds. The minimum absolute atomic E-state index is 0.0257. The largest absolute Gasteiger partial charge is 0.455 e. The van der Waals surface area contributed by atoms with Crippen molar-refractivity contribution in [2.75, 3.05) is 12.3 Å². The number of nitrogens with zero attached hydrogens (tertiary/aromatic N) is 3. The fourth-order valence-electron chi connectivity index (χ4n) is 2.15. The highest BCUT2D eigenvalue weighted by Crippen LogP contribution is 2.33. The van der Waals surface area contributed by atoms with Crippen LogP contribution in [0.4, 0.5) is 0 Å². The van der Waals surface area contributed by atoms with Gasteiger partial charge in [0.05, 0.1) is 11.9 Å². The molecule has 3 aromatic rings. The number of hydrogen-bond donors (Lipinski definition) is 1. The first-order valence-electron chi connectivity index (χ1n) is 8.76. The SMILES string of the molecule is CCCNC(=O)CSc1nnc(SCc2ccccc2Oc2cccnc2)s1. The fraction of sp³-hybridized carbons (Fsp3) is 0.263. The minimum atomic E-state index is 0.0257. The molecule has 6 nitrogen and oxygen atoms in total. The van der Waals surface area contributed by atoms with Crippen LogP contribution in [0, 0.1) is 0 Å². The van der Waals surface area contributed by atoms with Crippen LogP contribution in [0.1, 0.15) is 18.9 Å². The zero-order chi connectivity index (χ0) is 19.6. The van der Waals surface area contributed by atoms with Gasteiger partial charge in [-0.25, -0.2) is 0 Å². The van der Waals surface area contributed by atoms with Crippen molar-refractivity contribution in [3.63, 3.8) is 0 Å². The van der Waals surface area contributed by atoms with Gasteiger partial charge in [-0.1, -0.05) is 60.0 Å². The van der Waals surface area contributed by atoms with Crippen LogP contribution in [-0.2, 0) is 10.5 Å². The first-order valence-corrected chi connectivity index (χ1v) is 11.5. The van der Waals surface area contributed by atoms with E-state index in [0.29, 0.717) is 23.8 Å². The lowest BCUT2D eigenvalue weighted by Gasteiger charge is -2.09. The van der Waals surface area contributed by atoms with Crippen molar-refractivity contribution in [3.05, 3.63) is 54.4 Å². The van der Waals surface area contributed by atoms with Gasteiger partial charge in [0, 0.05) is 24.1 Å². The zero-order valence-electron chi connectivity index (χ0n) is 15.3. The van der Waals surface area contributed by atoms with Crippen LogP contribution in [0.15, 0.2) is 57.5 Å². The number of thioether (sulfide) groups is 2. The van der Waals surface area contributed by atoms with E-state index in [1.165, 1.54) is 23.1 Å². The number of carbonyl (C=O) groups is 1. The third-order valence-electron chi connectivity index (χ3n) is 3.47. The van der Waals surface area contributed by atoms with Gasteiger partial charge >= 0.3 is 0 Å². The van der Waals surface area contributed by atoms with Crippen molar-refractivity contribution >= 4 is 40.8 Å². The Morgan fingerprint density at radius 2 is 1.96 bits per heavy atom. The fourth-order valence-corrected chi connectivity index (χ4v) is 4.99. The summed E-state index contributed by atoms with van der Waals surface area (Å²) < 4.78 is 7.61. The maximum Gasteiger partial charge on any atom is 0.230 e. The number of pyridine rings is 1. The van der Waals surface area contributed by atoms with Gasteiger partial charge in [-0.05, 0) is 24.6 Å². The Kier molecular flexibility index (Phi) is 8.13. The third kappa shape index (κ3) is 6.50. The molecule has 9 heteroatoms. The zero-order valence-corrected chi connectivity index (χ0v) is 17.8. The highest BCUT2D eigenvalue weighted by molar-refractivity contribution is 8.03. The molecule has 2 heterocycles. The average molecular weight is 433 g/mol. The number of para-hydroxylation sites is 1. The Bertz CT molecular complexity index is 890. The summed E-state index contributed by atoms with van der Waals surface area (Å²) in [4.78, 5) is 15.8. The lowest BCUT2D eigenvalue weighted by molar-refractivity contribution is -0.118. The molecule has 0 atom stereocenters. The van der Waals surface area contributed by atoms with Crippen molar-refractivity contribution in [2.45, 2.75) is 27.8 Å². The predicted molar refractivity (Wildman–Crippen MR) is 114 cm³/mol. The van der Waals surface area contributed by atoms with E-state index < -0.39 is 0 Å². The van der Waals surface area contributed by atoms with E-state index in [1.54, 1.807) is 24.2 Å². The number of carbonyl (C=O) groups excluding carboxylic acids is 1. The lowest BCUT2D eigenvalue weighted by Crippen LogP contribution is -2.25. The number of nitrogens with one attached hydrogen (secondary N) is 1. The van der Waals surface area contributed by atoms with E-state index in [0.717, 1.165) is 26.4 Å². The number of rotatable bonds is 10. The lowest BCUT2D eigenvalue weighted by atomic mass is 10.2. The summed E-state index contributed by atoms with van der Waals surface area (Å²) in [7, 11) is 0. The summed E-state index contributed by atoms with van der Waals surface area (Å²) in [6, 6.07) is 11.6. The smallest absolute Gasteiger partial charge is 0.230 e. The monoisotopic (exact) mass is 432 g/mol. The van der Waals surface area contributed by atoms with Crippen molar-refractivity contribution in [3.8, 4) is 11.5 Å². The number of amides is 1. The highest BCUT2D eigenvalue weighted by atomic mass is 32.2. The van der Waals surface area contributed by atoms with E-state index in [9.17, 15) is 4.79 Å². The van der Waals surface area contributed by atoms with Crippen LogP contribution in [0.2, 0.25) is 0 Å². The van der Waals surface area contributed by atoms with E-state index in [1.807, 2.05) is 43.3 Å². The van der Waals surface area contributed by atoms with Gasteiger partial charge in [0.1, 0.15) is 11.5 Å². The molecule has 1 aromatic carbocycles. The standard InChI is InChI=1S/C19H20N4O2S3/c1-2-9-21-17(24)13-27-19-23-22-18(28-19)26-12-14-6-3-4-8-16(14)25-15-7-5-10-20-11-15/h3-8,10-11H,2,9,12-13H2,1H3,(H,21,24). The van der Waals surface area contributed by atoms with Gasteiger partial charge in [0.2, 0.25) is 5.91 Å². The molecule has 3 rings (SSSR count). The normalized spacial score (nSPS) is 10.6. The quantitative estimate of drug-likeness (QED) is 0.468. The molecule has 0 radical (unpaired) electrons. The summed E-state index contributed by atoms with van der Waals surface area (Å²) in [5, 5.41) is 11.2. The Labute approximate surface area is 176 Å². The minimum Gasteiger partial charge on any atom is -0.455 e. The third-order valence-corrected chi connectivity index (χ3v) is 6.71. The summed E-state index contributed by atoms with van der Waals surface area (Å²) in [5.41, 5.74) is 1.07. The Hall–Kier alpha value is -2.10. The Balaban J connectivity index is 1.54. The van der Waals surface area contributed by atoms with Crippen LogP contribution in [-0.4, -0.2) is 33.4 Å². The van der Waals surface area contributed by atoms with Crippen molar-refractivity contribution in [2.24, 2.45) is 0 Å². The van der Waals surface area contributed by atoms with E-state index in [2.05, 4.69) is 20.5 Å². The van der Waals surface area contributed by atoms with Crippen molar-refractivity contribution in [1.82, 2.24) is 20.5 Å². The molecule has 0 spiro atoms. The molecule has 2 aromatic heterocycles. The summed E-state index contributed by atoms with van der Waals surface area (Å²) in [5.74, 6) is 2.61. The van der Waals surface area contributed by atoms with E-state index in [4.69, 9.17) is 4.74 Å².